The molecule has 2 amide bonds. The molecular weight excluding hydrogens is 297 g/mol. The molecule has 0 radical (unpaired) electrons. The molecule has 0 unspecified atom stereocenters. The molecule has 3 N–H and O–H groups in total. The summed E-state index contributed by atoms with van der Waals surface area (Å²) in [7, 11) is 0. The Morgan fingerprint density at radius 2 is 1.90 bits per heavy atom. The van der Waals surface area contributed by atoms with Gasteiger partial charge in [0.05, 0.1) is 6.42 Å². The van der Waals surface area contributed by atoms with Crippen molar-refractivity contribution in [3.05, 3.63) is 0 Å². The predicted molar refractivity (Wildman–Crippen MR) is 68.5 cm³/mol. The highest BCUT2D eigenvalue weighted by molar-refractivity contribution is 8.00. The normalized spacial score (nSPS) is 17.1. The number of rotatable bonds is 7. The fourth-order valence-corrected chi connectivity index (χ4v) is 2.51. The SMILES string of the molecule is O=C(O)CC1(CNC(=O)NCCSC(F)(F)F)CCC1. The monoisotopic (exact) mass is 314 g/mol. The van der Waals surface area contributed by atoms with Crippen molar-refractivity contribution in [2.24, 2.45) is 5.41 Å². The first-order chi connectivity index (χ1) is 9.22. The third-order valence-corrected chi connectivity index (χ3v) is 3.95. The summed E-state index contributed by atoms with van der Waals surface area (Å²) in [5.74, 6) is -1.16. The van der Waals surface area contributed by atoms with Gasteiger partial charge in [-0.1, -0.05) is 6.42 Å². The van der Waals surface area contributed by atoms with Crippen molar-refractivity contribution in [1.29, 1.82) is 0 Å². The zero-order valence-corrected chi connectivity index (χ0v) is 11.6. The molecule has 1 aliphatic carbocycles. The van der Waals surface area contributed by atoms with Gasteiger partial charge in [0.15, 0.2) is 0 Å². The summed E-state index contributed by atoms with van der Waals surface area (Å²) in [5.41, 5.74) is -4.69. The van der Waals surface area contributed by atoms with Crippen LogP contribution < -0.4 is 10.6 Å². The van der Waals surface area contributed by atoms with E-state index < -0.39 is 22.9 Å². The molecule has 0 aliphatic heterocycles. The van der Waals surface area contributed by atoms with Gasteiger partial charge in [0.25, 0.3) is 0 Å². The number of halogens is 3. The molecule has 9 heteroatoms. The molecule has 1 rings (SSSR count). The van der Waals surface area contributed by atoms with Gasteiger partial charge in [0, 0.05) is 18.8 Å². The predicted octanol–water partition coefficient (Wildman–Crippen LogP) is 2.18. The minimum Gasteiger partial charge on any atom is -0.481 e. The van der Waals surface area contributed by atoms with E-state index in [4.69, 9.17) is 5.11 Å². The highest BCUT2D eigenvalue weighted by Gasteiger charge is 2.39. The summed E-state index contributed by atoms with van der Waals surface area (Å²) < 4.78 is 35.5. The summed E-state index contributed by atoms with van der Waals surface area (Å²) >= 11 is -0.197. The Morgan fingerprint density at radius 3 is 2.35 bits per heavy atom. The highest BCUT2D eigenvalue weighted by Crippen LogP contribution is 2.43. The zero-order valence-electron chi connectivity index (χ0n) is 10.8. The van der Waals surface area contributed by atoms with E-state index in [2.05, 4.69) is 10.6 Å². The van der Waals surface area contributed by atoms with Gasteiger partial charge in [0.2, 0.25) is 0 Å². The van der Waals surface area contributed by atoms with E-state index in [-0.39, 0.29) is 37.0 Å². The first kappa shape index (κ1) is 16.9. The lowest BCUT2D eigenvalue weighted by atomic mass is 9.66. The van der Waals surface area contributed by atoms with Crippen LogP contribution in [0.1, 0.15) is 25.7 Å². The van der Waals surface area contributed by atoms with E-state index in [1.807, 2.05) is 0 Å². The van der Waals surface area contributed by atoms with Crippen molar-refractivity contribution >= 4 is 23.8 Å². The van der Waals surface area contributed by atoms with Gasteiger partial charge in [-0.3, -0.25) is 4.79 Å². The Bertz CT molecular complexity index is 359. The van der Waals surface area contributed by atoms with Crippen molar-refractivity contribution in [1.82, 2.24) is 10.6 Å². The average Bonchev–Trinajstić information content (AvgIpc) is 2.26. The number of carbonyl (C=O) groups excluding carboxylic acids is 1. The molecule has 0 spiro atoms. The second kappa shape index (κ2) is 7.05. The van der Waals surface area contributed by atoms with Crippen LogP contribution in [0.3, 0.4) is 0 Å². The van der Waals surface area contributed by atoms with E-state index in [0.717, 1.165) is 19.3 Å². The topological polar surface area (TPSA) is 78.4 Å². The fraction of sp³-hybridized carbons (Fsp3) is 0.818. The van der Waals surface area contributed by atoms with Crippen LogP contribution in [0, 0.1) is 5.41 Å². The van der Waals surface area contributed by atoms with Crippen LogP contribution in [0.15, 0.2) is 0 Å². The van der Waals surface area contributed by atoms with Crippen LogP contribution >= 0.6 is 11.8 Å². The lowest BCUT2D eigenvalue weighted by Gasteiger charge is -2.40. The fourth-order valence-electron chi connectivity index (χ4n) is 2.08. The third kappa shape index (κ3) is 6.36. The van der Waals surface area contributed by atoms with E-state index >= 15 is 0 Å². The van der Waals surface area contributed by atoms with Crippen LogP contribution in [0.4, 0.5) is 18.0 Å². The maximum absolute atomic E-state index is 11.8. The van der Waals surface area contributed by atoms with Crippen molar-refractivity contribution in [2.45, 2.75) is 31.2 Å². The molecular formula is C11H17F3N2O3S. The molecule has 1 fully saturated rings. The molecule has 116 valence electrons. The molecule has 0 aromatic carbocycles. The Morgan fingerprint density at radius 1 is 1.25 bits per heavy atom. The maximum Gasteiger partial charge on any atom is 0.441 e. The molecule has 0 saturated heterocycles. The van der Waals surface area contributed by atoms with Crippen LogP contribution in [0.2, 0.25) is 0 Å². The van der Waals surface area contributed by atoms with E-state index in [0.29, 0.717) is 0 Å². The highest BCUT2D eigenvalue weighted by atomic mass is 32.2. The maximum atomic E-state index is 11.8. The Kier molecular flexibility index (Phi) is 5.97. The quantitative estimate of drug-likeness (QED) is 0.629. The number of amides is 2. The molecule has 0 atom stereocenters. The van der Waals surface area contributed by atoms with Gasteiger partial charge >= 0.3 is 17.5 Å². The Labute approximate surface area is 118 Å². The number of thioether (sulfide) groups is 1. The minimum atomic E-state index is -4.30. The summed E-state index contributed by atoms with van der Waals surface area (Å²) in [6.45, 7) is 0.138. The molecule has 0 aromatic rings. The number of aliphatic carboxylic acids is 1. The van der Waals surface area contributed by atoms with E-state index in [1.165, 1.54) is 0 Å². The van der Waals surface area contributed by atoms with Gasteiger partial charge in [-0.05, 0) is 30.0 Å². The lowest BCUT2D eigenvalue weighted by Crippen LogP contribution is -2.47. The summed E-state index contributed by atoms with van der Waals surface area (Å²) in [5, 5.41) is 13.6. The van der Waals surface area contributed by atoms with Crippen molar-refractivity contribution in [2.75, 3.05) is 18.8 Å². The largest absolute Gasteiger partial charge is 0.481 e. The number of nitrogens with one attached hydrogen (secondary N) is 2. The average molecular weight is 314 g/mol. The van der Waals surface area contributed by atoms with Crippen molar-refractivity contribution in [3.8, 4) is 0 Å². The van der Waals surface area contributed by atoms with Gasteiger partial charge < -0.3 is 15.7 Å². The van der Waals surface area contributed by atoms with Gasteiger partial charge in [-0.2, -0.15) is 13.2 Å². The second-order valence-corrected chi connectivity index (χ2v) is 5.99. The molecule has 20 heavy (non-hydrogen) atoms. The Hall–Kier alpha value is -1.12. The van der Waals surface area contributed by atoms with Crippen molar-refractivity contribution in [3.63, 3.8) is 0 Å². The van der Waals surface area contributed by atoms with E-state index in [1.54, 1.807) is 0 Å². The number of carboxylic acids is 1. The molecule has 0 aromatic heterocycles. The molecule has 0 bridgehead atoms. The smallest absolute Gasteiger partial charge is 0.441 e. The van der Waals surface area contributed by atoms with Crippen LogP contribution in [0.25, 0.3) is 0 Å². The van der Waals surface area contributed by atoms with Gasteiger partial charge in [-0.25, -0.2) is 4.79 Å². The second-order valence-electron chi connectivity index (χ2n) is 4.83. The summed E-state index contributed by atoms with van der Waals surface area (Å²) in [6, 6.07) is -0.565. The summed E-state index contributed by atoms with van der Waals surface area (Å²) in [6.07, 6.45) is 2.41. The standard InChI is InChI=1S/C11H17F3N2O3S/c12-11(13,14)20-5-4-15-9(19)16-7-10(2-1-3-10)6-8(17)18/h1-7H2,(H,17,18)(H2,15,16,19). The number of hydrogen-bond donors (Lipinski definition) is 3. The Balaban J connectivity index is 2.17. The number of urea groups is 1. The third-order valence-electron chi connectivity index (χ3n) is 3.22. The lowest BCUT2D eigenvalue weighted by molar-refractivity contribution is -0.141. The number of alkyl halides is 3. The number of carbonyl (C=O) groups is 2. The van der Waals surface area contributed by atoms with Crippen LogP contribution in [-0.2, 0) is 4.79 Å². The minimum absolute atomic E-state index is 0.00277. The van der Waals surface area contributed by atoms with Crippen LogP contribution in [0.5, 0.6) is 0 Å². The van der Waals surface area contributed by atoms with Crippen LogP contribution in [-0.4, -0.2) is 41.5 Å². The zero-order chi connectivity index (χ0) is 15.2. The van der Waals surface area contributed by atoms with Gasteiger partial charge in [0.1, 0.15) is 0 Å². The number of carboxylic acid groups (broad SMARTS) is 1. The molecule has 5 nitrogen and oxygen atoms in total. The van der Waals surface area contributed by atoms with Crippen molar-refractivity contribution < 1.29 is 27.9 Å². The first-order valence-corrected chi connectivity index (χ1v) is 7.15. The van der Waals surface area contributed by atoms with E-state index in [9.17, 15) is 22.8 Å². The molecule has 0 heterocycles. The first-order valence-electron chi connectivity index (χ1n) is 6.17. The summed E-state index contributed by atoms with van der Waals surface area (Å²) in [4.78, 5) is 22.1. The number of hydrogen-bond acceptors (Lipinski definition) is 3. The molecule has 1 aliphatic rings. The molecule has 1 saturated carbocycles. The van der Waals surface area contributed by atoms with Gasteiger partial charge in [-0.15, -0.1) is 0 Å².